The van der Waals surface area contributed by atoms with Gasteiger partial charge in [0.2, 0.25) is 0 Å². The summed E-state index contributed by atoms with van der Waals surface area (Å²) in [5, 5.41) is 7.51. The molecule has 0 aromatic carbocycles. The first-order chi connectivity index (χ1) is 6.95. The van der Waals surface area contributed by atoms with Crippen LogP contribution in [0.3, 0.4) is 0 Å². The van der Waals surface area contributed by atoms with Gasteiger partial charge in [-0.05, 0) is 6.42 Å². The Morgan fingerprint density at radius 1 is 1.29 bits per heavy atom. The van der Waals surface area contributed by atoms with E-state index in [0.717, 1.165) is 39.3 Å². The summed E-state index contributed by atoms with van der Waals surface area (Å²) < 4.78 is 10.8. The van der Waals surface area contributed by atoms with Gasteiger partial charge in [0.25, 0.3) is 0 Å². The number of aromatic amines is 1. The van der Waals surface area contributed by atoms with Crippen LogP contribution in [-0.2, 0) is 22.5 Å². The van der Waals surface area contributed by atoms with Gasteiger partial charge in [-0.1, -0.05) is 0 Å². The topological polar surface area (TPSA) is 47.1 Å². The lowest BCUT2D eigenvalue weighted by Crippen LogP contribution is -2.11. The SMILES string of the molecule is C1Cc2[nH]nc(C3CCOC3)c2CO1. The third-order valence-electron chi connectivity index (χ3n) is 3.04. The molecule has 4 nitrogen and oxygen atoms in total. The predicted molar refractivity (Wildman–Crippen MR) is 50.1 cm³/mol. The second-order valence-corrected chi connectivity index (χ2v) is 3.93. The van der Waals surface area contributed by atoms with E-state index < -0.39 is 0 Å². The maximum absolute atomic E-state index is 5.45. The molecule has 2 aliphatic rings. The van der Waals surface area contributed by atoms with E-state index in [0.29, 0.717) is 5.92 Å². The fraction of sp³-hybridized carbons (Fsp3) is 0.700. The van der Waals surface area contributed by atoms with E-state index in [1.165, 1.54) is 17.0 Å². The molecule has 0 amide bonds. The molecule has 1 saturated heterocycles. The van der Waals surface area contributed by atoms with Gasteiger partial charge in [0, 0.05) is 30.2 Å². The fourth-order valence-corrected chi connectivity index (χ4v) is 2.22. The second-order valence-electron chi connectivity index (χ2n) is 3.93. The molecule has 4 heteroatoms. The molecular formula is C10H14N2O2. The summed E-state index contributed by atoms with van der Waals surface area (Å²) >= 11 is 0. The Morgan fingerprint density at radius 3 is 3.14 bits per heavy atom. The van der Waals surface area contributed by atoms with Gasteiger partial charge in [-0.25, -0.2) is 0 Å². The van der Waals surface area contributed by atoms with Crippen LogP contribution in [0.5, 0.6) is 0 Å². The molecule has 1 atom stereocenters. The molecular weight excluding hydrogens is 180 g/mol. The van der Waals surface area contributed by atoms with Crippen molar-refractivity contribution in [3.63, 3.8) is 0 Å². The third-order valence-corrected chi connectivity index (χ3v) is 3.04. The largest absolute Gasteiger partial charge is 0.381 e. The van der Waals surface area contributed by atoms with Crippen molar-refractivity contribution >= 4 is 0 Å². The van der Waals surface area contributed by atoms with E-state index in [9.17, 15) is 0 Å². The van der Waals surface area contributed by atoms with Crippen molar-refractivity contribution in [3.8, 4) is 0 Å². The van der Waals surface area contributed by atoms with E-state index in [1.807, 2.05) is 0 Å². The van der Waals surface area contributed by atoms with Crippen molar-refractivity contribution in [1.82, 2.24) is 10.2 Å². The van der Waals surface area contributed by atoms with Crippen molar-refractivity contribution in [2.45, 2.75) is 25.4 Å². The summed E-state index contributed by atoms with van der Waals surface area (Å²) in [4.78, 5) is 0. The molecule has 1 aromatic rings. The van der Waals surface area contributed by atoms with Gasteiger partial charge in [0.1, 0.15) is 0 Å². The summed E-state index contributed by atoms with van der Waals surface area (Å²) in [7, 11) is 0. The highest BCUT2D eigenvalue weighted by Crippen LogP contribution is 2.29. The normalized spacial score (nSPS) is 26.4. The summed E-state index contributed by atoms with van der Waals surface area (Å²) in [5.41, 5.74) is 3.72. The standard InChI is InChI=1S/C10H14N2O2/c1-3-13-5-7(1)10-8-6-14-4-2-9(8)11-12-10/h7H,1-6H2,(H,11,12). The van der Waals surface area contributed by atoms with Gasteiger partial charge in [0.05, 0.1) is 25.5 Å². The first kappa shape index (κ1) is 8.44. The van der Waals surface area contributed by atoms with Gasteiger partial charge in [-0.15, -0.1) is 0 Å². The molecule has 76 valence electrons. The Hall–Kier alpha value is -0.870. The number of rotatable bonds is 1. The molecule has 0 spiro atoms. The summed E-state index contributed by atoms with van der Waals surface area (Å²) in [6.45, 7) is 3.22. The Labute approximate surface area is 82.6 Å². The summed E-state index contributed by atoms with van der Waals surface area (Å²) in [5.74, 6) is 0.483. The molecule has 1 unspecified atom stereocenters. The minimum Gasteiger partial charge on any atom is -0.381 e. The Kier molecular flexibility index (Phi) is 2.03. The number of aromatic nitrogens is 2. The van der Waals surface area contributed by atoms with Crippen LogP contribution in [0.25, 0.3) is 0 Å². The minimum absolute atomic E-state index is 0.483. The number of H-pyrrole nitrogens is 1. The van der Waals surface area contributed by atoms with E-state index >= 15 is 0 Å². The summed E-state index contributed by atoms with van der Waals surface area (Å²) in [6, 6.07) is 0. The fourth-order valence-electron chi connectivity index (χ4n) is 2.22. The van der Waals surface area contributed by atoms with Gasteiger partial charge in [-0.2, -0.15) is 5.10 Å². The monoisotopic (exact) mass is 194 g/mol. The van der Waals surface area contributed by atoms with Gasteiger partial charge in [-0.3, -0.25) is 5.10 Å². The van der Waals surface area contributed by atoms with E-state index in [4.69, 9.17) is 9.47 Å². The lowest BCUT2D eigenvalue weighted by Gasteiger charge is -2.14. The first-order valence-corrected chi connectivity index (χ1v) is 5.16. The maximum atomic E-state index is 5.45. The van der Waals surface area contributed by atoms with Gasteiger partial charge < -0.3 is 9.47 Å². The van der Waals surface area contributed by atoms with Crippen LogP contribution in [-0.4, -0.2) is 30.0 Å². The average Bonchev–Trinajstić information content (AvgIpc) is 2.85. The number of nitrogens with zero attached hydrogens (tertiary/aromatic N) is 1. The minimum atomic E-state index is 0.483. The van der Waals surface area contributed by atoms with Gasteiger partial charge in [0.15, 0.2) is 0 Å². The molecule has 1 aromatic heterocycles. The zero-order valence-electron chi connectivity index (χ0n) is 8.08. The predicted octanol–water partition coefficient (Wildman–Crippen LogP) is 0.986. The molecule has 0 radical (unpaired) electrons. The van der Waals surface area contributed by atoms with Crippen molar-refractivity contribution in [1.29, 1.82) is 0 Å². The molecule has 3 rings (SSSR count). The molecule has 0 saturated carbocycles. The van der Waals surface area contributed by atoms with Crippen molar-refractivity contribution in [3.05, 3.63) is 17.0 Å². The maximum Gasteiger partial charge on any atom is 0.0753 e. The quantitative estimate of drug-likeness (QED) is 0.725. The van der Waals surface area contributed by atoms with Crippen LogP contribution in [0.4, 0.5) is 0 Å². The number of fused-ring (bicyclic) bond motifs is 1. The molecule has 0 bridgehead atoms. The molecule has 14 heavy (non-hydrogen) atoms. The number of ether oxygens (including phenoxy) is 2. The van der Waals surface area contributed by atoms with Crippen LogP contribution >= 0.6 is 0 Å². The number of hydrogen-bond acceptors (Lipinski definition) is 3. The molecule has 2 aliphatic heterocycles. The van der Waals surface area contributed by atoms with Crippen LogP contribution in [0, 0.1) is 0 Å². The highest BCUT2D eigenvalue weighted by Gasteiger charge is 2.26. The first-order valence-electron chi connectivity index (χ1n) is 5.16. The Balaban J connectivity index is 1.93. The molecule has 1 N–H and O–H groups in total. The average molecular weight is 194 g/mol. The Bertz CT molecular complexity index is 329. The highest BCUT2D eigenvalue weighted by molar-refractivity contribution is 5.29. The molecule has 3 heterocycles. The number of nitrogens with one attached hydrogen (secondary N) is 1. The van der Waals surface area contributed by atoms with E-state index in [2.05, 4.69) is 10.2 Å². The molecule has 1 fully saturated rings. The highest BCUT2D eigenvalue weighted by atomic mass is 16.5. The van der Waals surface area contributed by atoms with Crippen molar-refractivity contribution < 1.29 is 9.47 Å². The van der Waals surface area contributed by atoms with E-state index in [-0.39, 0.29) is 0 Å². The smallest absolute Gasteiger partial charge is 0.0753 e. The summed E-state index contributed by atoms with van der Waals surface area (Å²) in [6.07, 6.45) is 2.06. The van der Waals surface area contributed by atoms with Crippen molar-refractivity contribution in [2.24, 2.45) is 0 Å². The molecule has 0 aliphatic carbocycles. The van der Waals surface area contributed by atoms with Crippen molar-refractivity contribution in [2.75, 3.05) is 19.8 Å². The zero-order valence-corrected chi connectivity index (χ0v) is 8.08. The number of hydrogen-bond donors (Lipinski definition) is 1. The van der Waals surface area contributed by atoms with Crippen LogP contribution in [0.15, 0.2) is 0 Å². The lowest BCUT2D eigenvalue weighted by atomic mass is 9.98. The van der Waals surface area contributed by atoms with Crippen LogP contribution < -0.4 is 0 Å². The lowest BCUT2D eigenvalue weighted by molar-refractivity contribution is 0.109. The Morgan fingerprint density at radius 2 is 2.29 bits per heavy atom. The van der Waals surface area contributed by atoms with E-state index in [1.54, 1.807) is 0 Å². The van der Waals surface area contributed by atoms with Crippen LogP contribution in [0.1, 0.15) is 29.3 Å². The second kappa shape index (κ2) is 3.37. The van der Waals surface area contributed by atoms with Crippen LogP contribution in [0.2, 0.25) is 0 Å². The zero-order chi connectivity index (χ0) is 9.38. The third kappa shape index (κ3) is 1.26. The van der Waals surface area contributed by atoms with Gasteiger partial charge >= 0.3 is 0 Å².